The molecule has 3 rings (SSSR count). The monoisotopic (exact) mass is 329 g/mol. The van der Waals surface area contributed by atoms with E-state index in [1.165, 1.54) is 11.1 Å². The van der Waals surface area contributed by atoms with Crippen molar-refractivity contribution in [2.45, 2.75) is 18.9 Å². The van der Waals surface area contributed by atoms with E-state index in [1.807, 2.05) is 18.2 Å². The van der Waals surface area contributed by atoms with E-state index in [-0.39, 0.29) is 16.1 Å². The summed E-state index contributed by atoms with van der Waals surface area (Å²) >= 11 is 17.6. The van der Waals surface area contributed by atoms with Gasteiger partial charge >= 0.3 is 0 Å². The molecule has 0 fully saturated rings. The maximum Gasteiger partial charge on any atom is 0.160 e. The van der Waals surface area contributed by atoms with Gasteiger partial charge in [0.05, 0.1) is 16.1 Å². The molecule has 5 heteroatoms. The Labute approximate surface area is 131 Å². The van der Waals surface area contributed by atoms with Crippen molar-refractivity contribution in [3.8, 4) is 0 Å². The number of anilines is 1. The lowest BCUT2D eigenvalue weighted by Crippen LogP contribution is -2.07. The van der Waals surface area contributed by atoms with Crippen LogP contribution >= 0.6 is 34.8 Å². The first-order chi connectivity index (χ1) is 9.54. The van der Waals surface area contributed by atoms with E-state index in [0.29, 0.717) is 5.69 Å². The topological polar surface area (TPSA) is 12.0 Å². The Morgan fingerprint density at radius 2 is 1.75 bits per heavy atom. The predicted octanol–water partition coefficient (Wildman–Crippen LogP) is 5.89. The van der Waals surface area contributed by atoms with E-state index in [1.54, 1.807) is 12.1 Å². The maximum atomic E-state index is 13.4. The minimum absolute atomic E-state index is 0.0225. The fourth-order valence-electron chi connectivity index (χ4n) is 2.58. The summed E-state index contributed by atoms with van der Waals surface area (Å²) in [6, 6.07) is 9.16. The van der Waals surface area contributed by atoms with Gasteiger partial charge in [-0.15, -0.1) is 0 Å². The third-order valence-corrected chi connectivity index (χ3v) is 4.29. The first kappa shape index (κ1) is 14.0. The van der Waals surface area contributed by atoms with Crippen molar-refractivity contribution in [1.82, 2.24) is 0 Å². The summed E-state index contributed by atoms with van der Waals surface area (Å²) < 4.78 is 13.4. The molecule has 0 radical (unpaired) electrons. The Balaban J connectivity index is 1.87. The Morgan fingerprint density at radius 1 is 1.05 bits per heavy atom. The third-order valence-electron chi connectivity index (χ3n) is 3.51. The van der Waals surface area contributed by atoms with Gasteiger partial charge in [0, 0.05) is 10.7 Å². The van der Waals surface area contributed by atoms with E-state index in [9.17, 15) is 4.39 Å². The second-order valence-corrected chi connectivity index (χ2v) is 6.08. The summed E-state index contributed by atoms with van der Waals surface area (Å²) in [6.45, 7) is 0. The number of nitrogens with one attached hydrogen (secondary N) is 1. The number of halogens is 4. The van der Waals surface area contributed by atoms with Crippen LogP contribution in [0.5, 0.6) is 0 Å². The van der Waals surface area contributed by atoms with Gasteiger partial charge in [-0.25, -0.2) is 4.39 Å². The summed E-state index contributed by atoms with van der Waals surface area (Å²) in [5.74, 6) is -0.586. The molecule has 1 nitrogen and oxygen atoms in total. The van der Waals surface area contributed by atoms with Gasteiger partial charge in [-0.1, -0.05) is 40.9 Å². The van der Waals surface area contributed by atoms with Gasteiger partial charge in [0.25, 0.3) is 0 Å². The standard InChI is InChI=1S/C15H11Cl3FN/c16-9-2-3-11-8(5-9)1-4-14(11)20-10-6-12(17)15(19)13(18)7-10/h2-3,5-7,14,20H,1,4H2. The number of aryl methyl sites for hydroxylation is 1. The van der Waals surface area contributed by atoms with Crippen LogP contribution in [0.15, 0.2) is 30.3 Å². The SMILES string of the molecule is Fc1c(Cl)cc(NC2CCc3cc(Cl)ccc32)cc1Cl. The molecule has 2 aromatic carbocycles. The smallest absolute Gasteiger partial charge is 0.160 e. The van der Waals surface area contributed by atoms with E-state index in [0.717, 1.165) is 17.9 Å². The van der Waals surface area contributed by atoms with Gasteiger partial charge in [-0.05, 0) is 48.2 Å². The lowest BCUT2D eigenvalue weighted by Gasteiger charge is -2.16. The highest BCUT2D eigenvalue weighted by Crippen LogP contribution is 2.36. The van der Waals surface area contributed by atoms with Gasteiger partial charge in [-0.2, -0.15) is 0 Å². The number of hydrogen-bond donors (Lipinski definition) is 1. The molecule has 0 bridgehead atoms. The molecular weight excluding hydrogens is 320 g/mol. The summed E-state index contributed by atoms with van der Waals surface area (Å²) in [7, 11) is 0. The van der Waals surface area contributed by atoms with Gasteiger partial charge in [0.2, 0.25) is 0 Å². The second kappa shape index (κ2) is 5.44. The van der Waals surface area contributed by atoms with E-state index < -0.39 is 5.82 Å². The van der Waals surface area contributed by atoms with Crippen LogP contribution in [0.2, 0.25) is 15.1 Å². The van der Waals surface area contributed by atoms with Gasteiger partial charge in [0.15, 0.2) is 5.82 Å². The zero-order chi connectivity index (χ0) is 14.3. The lowest BCUT2D eigenvalue weighted by molar-refractivity contribution is 0.628. The minimum atomic E-state index is -0.586. The molecule has 0 heterocycles. The zero-order valence-electron chi connectivity index (χ0n) is 10.4. The van der Waals surface area contributed by atoms with Crippen molar-refractivity contribution >= 4 is 40.5 Å². The second-order valence-electron chi connectivity index (χ2n) is 4.83. The quantitative estimate of drug-likeness (QED) is 0.677. The molecule has 1 aliphatic rings. The molecule has 0 spiro atoms. The molecule has 2 aromatic rings. The van der Waals surface area contributed by atoms with Crippen LogP contribution in [0.25, 0.3) is 0 Å². The molecule has 0 aromatic heterocycles. The number of benzene rings is 2. The summed E-state index contributed by atoms with van der Waals surface area (Å²) in [5, 5.41) is 4.14. The average molecular weight is 331 g/mol. The summed E-state index contributed by atoms with van der Waals surface area (Å²) in [6.07, 6.45) is 1.93. The lowest BCUT2D eigenvalue weighted by atomic mass is 10.1. The maximum absolute atomic E-state index is 13.4. The largest absolute Gasteiger partial charge is 0.378 e. The number of fused-ring (bicyclic) bond motifs is 1. The van der Waals surface area contributed by atoms with Crippen LogP contribution in [0.1, 0.15) is 23.6 Å². The van der Waals surface area contributed by atoms with Crippen molar-refractivity contribution < 1.29 is 4.39 Å². The van der Waals surface area contributed by atoms with E-state index in [2.05, 4.69) is 5.32 Å². The average Bonchev–Trinajstić information content (AvgIpc) is 2.78. The Bertz CT molecular complexity index is 649. The van der Waals surface area contributed by atoms with Crippen LogP contribution in [0.4, 0.5) is 10.1 Å². The minimum Gasteiger partial charge on any atom is -0.378 e. The molecule has 20 heavy (non-hydrogen) atoms. The van der Waals surface area contributed by atoms with Crippen LogP contribution in [0, 0.1) is 5.82 Å². The molecular formula is C15H11Cl3FN. The number of rotatable bonds is 2. The van der Waals surface area contributed by atoms with Crippen molar-refractivity contribution in [2.24, 2.45) is 0 Å². The zero-order valence-corrected chi connectivity index (χ0v) is 12.7. The van der Waals surface area contributed by atoms with E-state index in [4.69, 9.17) is 34.8 Å². The molecule has 1 aliphatic carbocycles. The van der Waals surface area contributed by atoms with Gasteiger partial charge in [-0.3, -0.25) is 0 Å². The van der Waals surface area contributed by atoms with Crippen molar-refractivity contribution in [1.29, 1.82) is 0 Å². The third kappa shape index (κ3) is 2.60. The molecule has 0 aliphatic heterocycles. The fourth-order valence-corrected chi connectivity index (χ4v) is 3.26. The molecule has 0 saturated heterocycles. The van der Waals surface area contributed by atoms with Gasteiger partial charge < -0.3 is 5.32 Å². The van der Waals surface area contributed by atoms with Crippen molar-refractivity contribution in [3.63, 3.8) is 0 Å². The first-order valence-corrected chi connectivity index (χ1v) is 7.37. The molecule has 1 N–H and O–H groups in total. The summed E-state index contributed by atoms with van der Waals surface area (Å²) in [4.78, 5) is 0. The highest BCUT2D eigenvalue weighted by Gasteiger charge is 2.22. The van der Waals surface area contributed by atoms with Crippen LogP contribution in [0.3, 0.4) is 0 Å². The van der Waals surface area contributed by atoms with Crippen LogP contribution in [-0.2, 0) is 6.42 Å². The predicted molar refractivity (Wildman–Crippen MR) is 82.6 cm³/mol. The van der Waals surface area contributed by atoms with Crippen LogP contribution < -0.4 is 5.32 Å². The van der Waals surface area contributed by atoms with Gasteiger partial charge in [0.1, 0.15) is 0 Å². The summed E-state index contributed by atoms with van der Waals surface area (Å²) in [5.41, 5.74) is 3.18. The molecule has 1 unspecified atom stereocenters. The first-order valence-electron chi connectivity index (χ1n) is 6.24. The molecule has 0 amide bonds. The fraction of sp³-hybridized carbons (Fsp3) is 0.200. The highest BCUT2D eigenvalue weighted by atomic mass is 35.5. The van der Waals surface area contributed by atoms with Crippen LogP contribution in [-0.4, -0.2) is 0 Å². The molecule has 1 atom stereocenters. The highest BCUT2D eigenvalue weighted by molar-refractivity contribution is 6.35. The van der Waals surface area contributed by atoms with Crippen molar-refractivity contribution in [2.75, 3.05) is 5.32 Å². The van der Waals surface area contributed by atoms with E-state index >= 15 is 0 Å². The molecule has 104 valence electrons. The number of hydrogen-bond acceptors (Lipinski definition) is 1. The Kier molecular flexibility index (Phi) is 3.80. The Hall–Kier alpha value is -0.960. The Morgan fingerprint density at radius 3 is 2.45 bits per heavy atom. The normalized spacial score (nSPS) is 17.1. The van der Waals surface area contributed by atoms with Crippen molar-refractivity contribution in [3.05, 3.63) is 62.3 Å². The molecule has 0 saturated carbocycles.